The zero-order valence-corrected chi connectivity index (χ0v) is 17.7. The molecule has 1 N–H and O–H groups in total. The Morgan fingerprint density at radius 1 is 0.862 bits per heavy atom. The van der Waals surface area contributed by atoms with Crippen molar-refractivity contribution in [2.75, 3.05) is 0 Å². The van der Waals surface area contributed by atoms with E-state index >= 15 is 0 Å². The van der Waals surface area contributed by atoms with Crippen LogP contribution in [0.15, 0.2) is 71.1 Å². The summed E-state index contributed by atoms with van der Waals surface area (Å²) in [4.78, 5) is 0. The van der Waals surface area contributed by atoms with Crippen LogP contribution in [-0.2, 0) is 4.65 Å². The van der Waals surface area contributed by atoms with Gasteiger partial charge in [-0.25, -0.2) is 0 Å². The van der Waals surface area contributed by atoms with Crippen LogP contribution >= 0.6 is 0 Å². The van der Waals surface area contributed by atoms with Gasteiger partial charge in [-0.3, -0.25) is 0 Å². The Hall–Kier alpha value is -2.56. The van der Waals surface area contributed by atoms with Gasteiger partial charge in [-0.1, -0.05) is 67.5 Å². The molecule has 3 nitrogen and oxygen atoms in total. The largest absolute Gasteiger partial charge is 0.455 e. The van der Waals surface area contributed by atoms with Gasteiger partial charge in [0.25, 0.3) is 0 Å². The van der Waals surface area contributed by atoms with Crippen molar-refractivity contribution < 1.29 is 14.2 Å². The van der Waals surface area contributed by atoms with Crippen molar-refractivity contribution >= 4 is 34.3 Å². The summed E-state index contributed by atoms with van der Waals surface area (Å²) in [5.74, 6) is 0. The van der Waals surface area contributed by atoms with Gasteiger partial charge in [0, 0.05) is 16.3 Å². The molecular formula is C25H27BO3. The molecule has 0 atom stereocenters. The van der Waals surface area contributed by atoms with Crippen molar-refractivity contribution in [3.63, 3.8) is 0 Å². The first-order valence-electron chi connectivity index (χ1n) is 10.1. The van der Waals surface area contributed by atoms with E-state index in [9.17, 15) is 5.11 Å². The molecule has 148 valence electrons. The van der Waals surface area contributed by atoms with E-state index < -0.39 is 11.2 Å². The van der Waals surface area contributed by atoms with Crippen molar-refractivity contribution in [1.29, 1.82) is 0 Å². The maximum atomic E-state index is 10.4. The van der Waals surface area contributed by atoms with E-state index in [0.717, 1.165) is 38.5 Å². The van der Waals surface area contributed by atoms with E-state index in [1.165, 1.54) is 0 Å². The molecule has 0 radical (unpaired) electrons. The van der Waals surface area contributed by atoms with E-state index in [1.54, 1.807) is 13.8 Å². The fourth-order valence-electron chi connectivity index (χ4n) is 3.59. The summed E-state index contributed by atoms with van der Waals surface area (Å²) in [6.07, 6.45) is 0. The lowest BCUT2D eigenvalue weighted by Crippen LogP contribution is -2.52. The second-order valence-electron chi connectivity index (χ2n) is 8.74. The molecule has 0 amide bonds. The van der Waals surface area contributed by atoms with Crippen molar-refractivity contribution in [2.24, 2.45) is 0 Å². The average molecular weight is 386 g/mol. The normalized spacial score (nSPS) is 12.6. The standard InChI is InChI=1S/C25H27BO3/c1-24(2,27)25(3,4)29-26(5)18-11-8-10-17(16-18)19-13-9-14-21-20-12-6-7-15-22(20)28-23(19)21/h6-16,27H,1-5H3. The number of para-hydroxylation sites is 2. The summed E-state index contributed by atoms with van der Waals surface area (Å²) in [7, 11) is 0. The van der Waals surface area contributed by atoms with Gasteiger partial charge in [-0.05, 0) is 44.8 Å². The summed E-state index contributed by atoms with van der Waals surface area (Å²) in [5.41, 5.74) is 3.39. The lowest BCUT2D eigenvalue weighted by molar-refractivity contribution is -0.0918. The maximum absolute atomic E-state index is 10.4. The second kappa shape index (κ2) is 7.05. The minimum absolute atomic E-state index is 0.161. The smallest absolute Gasteiger partial charge is 0.324 e. The van der Waals surface area contributed by atoms with E-state index in [1.807, 2.05) is 44.9 Å². The van der Waals surface area contributed by atoms with E-state index in [0.29, 0.717) is 0 Å². The SMILES string of the molecule is CB(OC(C)(C)C(C)(C)O)c1cccc(-c2cccc3c2oc2ccccc23)c1. The quantitative estimate of drug-likeness (QED) is 0.451. The van der Waals surface area contributed by atoms with Gasteiger partial charge in [-0.15, -0.1) is 0 Å². The van der Waals surface area contributed by atoms with Gasteiger partial charge in [0.05, 0.1) is 11.2 Å². The Bertz CT molecular complexity index is 1170. The zero-order chi connectivity index (χ0) is 20.8. The number of rotatable bonds is 5. The first-order chi connectivity index (χ1) is 13.7. The van der Waals surface area contributed by atoms with Gasteiger partial charge in [0.2, 0.25) is 0 Å². The number of aliphatic hydroxyl groups is 1. The zero-order valence-electron chi connectivity index (χ0n) is 17.7. The molecule has 4 aromatic rings. The highest BCUT2D eigenvalue weighted by Crippen LogP contribution is 2.35. The molecule has 0 aliphatic heterocycles. The van der Waals surface area contributed by atoms with E-state index in [-0.39, 0.29) is 6.92 Å². The van der Waals surface area contributed by atoms with Crippen LogP contribution in [0, 0.1) is 0 Å². The van der Waals surface area contributed by atoms with Gasteiger partial charge in [0.15, 0.2) is 0 Å². The second-order valence-corrected chi connectivity index (χ2v) is 8.74. The molecule has 0 saturated heterocycles. The molecule has 0 unspecified atom stereocenters. The highest BCUT2D eigenvalue weighted by molar-refractivity contribution is 6.66. The van der Waals surface area contributed by atoms with E-state index in [2.05, 4.69) is 42.5 Å². The Morgan fingerprint density at radius 3 is 2.31 bits per heavy atom. The van der Waals surface area contributed by atoms with Crippen LogP contribution in [0.1, 0.15) is 27.7 Å². The third-order valence-electron chi connectivity index (χ3n) is 6.02. The van der Waals surface area contributed by atoms with Gasteiger partial charge < -0.3 is 14.2 Å². The lowest BCUT2D eigenvalue weighted by Gasteiger charge is -2.39. The molecule has 0 spiro atoms. The molecule has 0 saturated carbocycles. The van der Waals surface area contributed by atoms with Crippen LogP contribution < -0.4 is 5.46 Å². The molecule has 29 heavy (non-hydrogen) atoms. The molecule has 3 aromatic carbocycles. The molecule has 0 bridgehead atoms. The molecule has 0 aliphatic rings. The Morgan fingerprint density at radius 2 is 1.55 bits per heavy atom. The molecule has 4 rings (SSSR count). The fraction of sp³-hybridized carbons (Fsp3) is 0.280. The monoisotopic (exact) mass is 386 g/mol. The molecular weight excluding hydrogens is 359 g/mol. The van der Waals surface area contributed by atoms with E-state index in [4.69, 9.17) is 9.07 Å². The highest BCUT2D eigenvalue weighted by atomic mass is 16.5. The van der Waals surface area contributed by atoms with Crippen LogP contribution in [0.25, 0.3) is 33.1 Å². The third-order valence-corrected chi connectivity index (χ3v) is 6.02. The van der Waals surface area contributed by atoms with Gasteiger partial charge in [-0.2, -0.15) is 0 Å². The Balaban J connectivity index is 1.75. The molecule has 1 aromatic heterocycles. The number of fused-ring (bicyclic) bond motifs is 3. The Kier molecular flexibility index (Phi) is 4.80. The predicted molar refractivity (Wildman–Crippen MR) is 122 cm³/mol. The minimum Gasteiger partial charge on any atom is -0.455 e. The average Bonchev–Trinajstić information content (AvgIpc) is 3.05. The van der Waals surface area contributed by atoms with Crippen LogP contribution in [-0.4, -0.2) is 23.2 Å². The van der Waals surface area contributed by atoms with Gasteiger partial charge >= 0.3 is 6.92 Å². The maximum Gasteiger partial charge on any atom is 0.324 e. The van der Waals surface area contributed by atoms with Crippen LogP contribution in [0.4, 0.5) is 0 Å². The first-order valence-corrected chi connectivity index (χ1v) is 10.1. The Labute approximate surface area is 172 Å². The first kappa shape index (κ1) is 19.7. The number of hydrogen-bond acceptors (Lipinski definition) is 3. The number of furan rings is 1. The molecule has 0 aliphatic carbocycles. The van der Waals surface area contributed by atoms with Gasteiger partial charge in [0.1, 0.15) is 11.2 Å². The fourth-order valence-corrected chi connectivity index (χ4v) is 3.59. The summed E-state index contributed by atoms with van der Waals surface area (Å²) in [6, 6.07) is 22.7. The summed E-state index contributed by atoms with van der Waals surface area (Å²) in [5, 5.41) is 12.7. The molecule has 4 heteroatoms. The van der Waals surface area contributed by atoms with Crippen molar-refractivity contribution in [1.82, 2.24) is 0 Å². The summed E-state index contributed by atoms with van der Waals surface area (Å²) < 4.78 is 12.4. The lowest BCUT2D eigenvalue weighted by atomic mass is 9.62. The van der Waals surface area contributed by atoms with Crippen LogP contribution in [0.2, 0.25) is 6.82 Å². The number of benzene rings is 3. The minimum atomic E-state index is -0.946. The topological polar surface area (TPSA) is 42.6 Å². The molecule has 1 heterocycles. The van der Waals surface area contributed by atoms with Crippen molar-refractivity contribution in [2.45, 2.75) is 45.7 Å². The summed E-state index contributed by atoms with van der Waals surface area (Å²) in [6.45, 7) is 9.25. The van der Waals surface area contributed by atoms with Crippen LogP contribution in [0.3, 0.4) is 0 Å². The third kappa shape index (κ3) is 3.59. The number of hydrogen-bond donors (Lipinski definition) is 1. The van der Waals surface area contributed by atoms with Crippen LogP contribution in [0.5, 0.6) is 0 Å². The van der Waals surface area contributed by atoms with Crippen molar-refractivity contribution in [3.8, 4) is 11.1 Å². The van der Waals surface area contributed by atoms with Crippen molar-refractivity contribution in [3.05, 3.63) is 66.7 Å². The predicted octanol–water partition coefficient (Wildman–Crippen LogP) is 5.65. The highest BCUT2D eigenvalue weighted by Gasteiger charge is 2.38. The molecule has 0 fully saturated rings. The summed E-state index contributed by atoms with van der Waals surface area (Å²) >= 11 is 0.